The van der Waals surface area contributed by atoms with Gasteiger partial charge in [0.1, 0.15) is 6.54 Å². The van der Waals surface area contributed by atoms with Crippen molar-refractivity contribution < 1.29 is 14.4 Å². The lowest BCUT2D eigenvalue weighted by molar-refractivity contribution is -0.136. The van der Waals surface area contributed by atoms with Gasteiger partial charge in [-0.3, -0.25) is 14.4 Å². The highest BCUT2D eigenvalue weighted by atomic mass is 16.2. The van der Waals surface area contributed by atoms with E-state index < -0.39 is 0 Å². The van der Waals surface area contributed by atoms with Crippen molar-refractivity contribution in [3.05, 3.63) is 29.8 Å². The molecule has 1 heterocycles. The van der Waals surface area contributed by atoms with Crippen LogP contribution < -0.4 is 4.90 Å². The number of carbonyl (C=O) groups excluding carboxylic acids is 3. The van der Waals surface area contributed by atoms with E-state index in [0.29, 0.717) is 25.1 Å². The Labute approximate surface area is 156 Å². The van der Waals surface area contributed by atoms with Crippen molar-refractivity contribution in [2.75, 3.05) is 24.5 Å². The Morgan fingerprint density at radius 3 is 2.46 bits per heavy atom. The number of anilines is 1. The van der Waals surface area contributed by atoms with Crippen LogP contribution in [0.2, 0.25) is 0 Å². The van der Waals surface area contributed by atoms with Crippen LogP contribution >= 0.6 is 0 Å². The molecule has 0 saturated carbocycles. The summed E-state index contributed by atoms with van der Waals surface area (Å²) in [6, 6.07) is 7.11. The van der Waals surface area contributed by atoms with Crippen molar-refractivity contribution in [1.29, 1.82) is 0 Å². The number of unbranched alkanes of at least 4 members (excludes halogenated alkanes) is 5. The first-order valence-electron chi connectivity index (χ1n) is 9.72. The second kappa shape index (κ2) is 10.1. The van der Waals surface area contributed by atoms with E-state index in [-0.39, 0.29) is 24.1 Å². The van der Waals surface area contributed by atoms with Gasteiger partial charge in [-0.1, -0.05) is 51.2 Å². The molecule has 0 atom stereocenters. The van der Waals surface area contributed by atoms with Gasteiger partial charge >= 0.3 is 0 Å². The van der Waals surface area contributed by atoms with Gasteiger partial charge in [0.05, 0.1) is 0 Å². The number of ketones is 1. The maximum Gasteiger partial charge on any atom is 0.246 e. The molecule has 2 rings (SSSR count). The van der Waals surface area contributed by atoms with Crippen LogP contribution in [-0.2, 0) is 9.59 Å². The summed E-state index contributed by atoms with van der Waals surface area (Å²) < 4.78 is 0. The Balaban J connectivity index is 1.82. The number of hydrogen-bond donors (Lipinski definition) is 0. The number of piperazine rings is 1. The smallest absolute Gasteiger partial charge is 0.246 e. The second-order valence-electron chi connectivity index (χ2n) is 6.98. The summed E-state index contributed by atoms with van der Waals surface area (Å²) in [5, 5.41) is 0. The Kier molecular flexibility index (Phi) is 7.82. The van der Waals surface area contributed by atoms with Gasteiger partial charge in [0.2, 0.25) is 11.8 Å². The molecular weight excluding hydrogens is 328 g/mol. The molecule has 1 aromatic carbocycles. The highest BCUT2D eigenvalue weighted by Crippen LogP contribution is 2.20. The van der Waals surface area contributed by atoms with Gasteiger partial charge in [0, 0.05) is 30.8 Å². The van der Waals surface area contributed by atoms with Crippen molar-refractivity contribution in [1.82, 2.24) is 4.90 Å². The van der Waals surface area contributed by atoms with Gasteiger partial charge in [-0.15, -0.1) is 0 Å². The van der Waals surface area contributed by atoms with Gasteiger partial charge in [-0.05, 0) is 25.5 Å². The largest absolute Gasteiger partial charge is 0.332 e. The third-order valence-electron chi connectivity index (χ3n) is 4.88. The van der Waals surface area contributed by atoms with Crippen LogP contribution in [0.3, 0.4) is 0 Å². The molecule has 0 aromatic heterocycles. The van der Waals surface area contributed by atoms with Crippen LogP contribution in [0.4, 0.5) is 5.69 Å². The number of Topliss-reactive ketones (excluding diaryl/α,β-unsaturated/α-hetero) is 1. The van der Waals surface area contributed by atoms with Gasteiger partial charge in [0.15, 0.2) is 5.78 Å². The molecule has 1 fully saturated rings. The van der Waals surface area contributed by atoms with Crippen LogP contribution in [0.1, 0.15) is 69.2 Å². The highest BCUT2D eigenvalue weighted by Gasteiger charge is 2.27. The van der Waals surface area contributed by atoms with Crippen LogP contribution in [-0.4, -0.2) is 42.1 Å². The Hall–Kier alpha value is -2.17. The SMILES string of the molecule is CCCCCCCCC(=O)N1CCN(c2cccc(C(C)=O)c2)C(=O)C1. The van der Waals surface area contributed by atoms with Crippen molar-refractivity contribution in [2.24, 2.45) is 0 Å². The topological polar surface area (TPSA) is 57.7 Å². The van der Waals surface area contributed by atoms with E-state index in [0.717, 1.165) is 18.5 Å². The fourth-order valence-corrected chi connectivity index (χ4v) is 3.27. The molecule has 142 valence electrons. The summed E-state index contributed by atoms with van der Waals surface area (Å²) in [6.45, 7) is 4.85. The maximum absolute atomic E-state index is 12.5. The fourth-order valence-electron chi connectivity index (χ4n) is 3.27. The molecule has 5 nitrogen and oxygen atoms in total. The van der Waals surface area contributed by atoms with Crippen molar-refractivity contribution in [2.45, 2.75) is 58.8 Å². The lowest BCUT2D eigenvalue weighted by Gasteiger charge is -2.34. The molecule has 2 amide bonds. The predicted molar refractivity (Wildman–Crippen MR) is 103 cm³/mol. The molecule has 0 unspecified atom stereocenters. The van der Waals surface area contributed by atoms with Crippen molar-refractivity contribution in [3.63, 3.8) is 0 Å². The number of hydrogen-bond acceptors (Lipinski definition) is 3. The van der Waals surface area contributed by atoms with E-state index in [4.69, 9.17) is 0 Å². The fraction of sp³-hybridized carbons (Fsp3) is 0.571. The molecule has 0 N–H and O–H groups in total. The molecule has 0 radical (unpaired) electrons. The third-order valence-corrected chi connectivity index (χ3v) is 4.88. The Morgan fingerprint density at radius 1 is 1.04 bits per heavy atom. The predicted octanol–water partition coefficient (Wildman–Crippen LogP) is 3.82. The highest BCUT2D eigenvalue weighted by molar-refractivity contribution is 6.00. The average Bonchev–Trinajstić information content (AvgIpc) is 2.64. The van der Waals surface area contributed by atoms with E-state index >= 15 is 0 Å². The van der Waals surface area contributed by atoms with E-state index in [1.54, 1.807) is 28.0 Å². The number of benzene rings is 1. The first-order valence-corrected chi connectivity index (χ1v) is 9.72. The monoisotopic (exact) mass is 358 g/mol. The normalized spacial score (nSPS) is 14.6. The molecule has 0 spiro atoms. The Morgan fingerprint density at radius 2 is 1.77 bits per heavy atom. The van der Waals surface area contributed by atoms with Crippen molar-refractivity contribution >= 4 is 23.3 Å². The maximum atomic E-state index is 12.5. The summed E-state index contributed by atoms with van der Waals surface area (Å²) >= 11 is 0. The molecule has 1 saturated heterocycles. The summed E-state index contributed by atoms with van der Waals surface area (Å²) in [6.07, 6.45) is 7.41. The lowest BCUT2D eigenvalue weighted by atomic mass is 10.1. The van der Waals surface area contributed by atoms with Crippen molar-refractivity contribution in [3.8, 4) is 0 Å². The summed E-state index contributed by atoms with van der Waals surface area (Å²) in [5.74, 6) is -0.0359. The average molecular weight is 358 g/mol. The molecular formula is C21H30N2O3. The van der Waals surface area contributed by atoms with Gasteiger partial charge in [0.25, 0.3) is 0 Å². The first-order chi connectivity index (χ1) is 12.5. The van der Waals surface area contributed by atoms with Crippen LogP contribution in [0, 0.1) is 0 Å². The minimum atomic E-state index is -0.0896. The van der Waals surface area contributed by atoms with Gasteiger partial charge in [-0.2, -0.15) is 0 Å². The van der Waals surface area contributed by atoms with Crippen LogP contribution in [0.25, 0.3) is 0 Å². The molecule has 1 aromatic rings. The zero-order chi connectivity index (χ0) is 18.9. The summed E-state index contributed by atoms with van der Waals surface area (Å²) in [4.78, 5) is 39.7. The van der Waals surface area contributed by atoms with Crippen LogP contribution in [0.5, 0.6) is 0 Å². The zero-order valence-electron chi connectivity index (χ0n) is 16.0. The standard InChI is InChI=1S/C21H30N2O3/c1-3-4-5-6-7-8-12-20(25)22-13-14-23(21(26)16-22)19-11-9-10-18(15-19)17(2)24/h9-11,15H,3-8,12-14,16H2,1-2H3. The number of amides is 2. The minimum Gasteiger partial charge on any atom is -0.332 e. The number of rotatable bonds is 9. The second-order valence-corrected chi connectivity index (χ2v) is 6.98. The molecule has 1 aliphatic heterocycles. The molecule has 1 aliphatic rings. The molecule has 0 aliphatic carbocycles. The van der Waals surface area contributed by atoms with E-state index in [1.165, 1.54) is 32.6 Å². The number of nitrogens with zero attached hydrogens (tertiary/aromatic N) is 2. The lowest BCUT2D eigenvalue weighted by Crippen LogP contribution is -2.52. The summed E-state index contributed by atoms with van der Waals surface area (Å²) in [7, 11) is 0. The van der Waals surface area contributed by atoms with E-state index in [9.17, 15) is 14.4 Å². The Bertz CT molecular complexity index is 642. The summed E-state index contributed by atoms with van der Waals surface area (Å²) in [5.41, 5.74) is 1.32. The number of carbonyl (C=O) groups is 3. The molecule has 0 bridgehead atoms. The third kappa shape index (κ3) is 5.68. The quantitative estimate of drug-likeness (QED) is 0.498. The first kappa shape index (κ1) is 20.1. The zero-order valence-corrected chi connectivity index (χ0v) is 16.0. The van der Waals surface area contributed by atoms with E-state index in [2.05, 4.69) is 6.92 Å². The van der Waals surface area contributed by atoms with Crippen LogP contribution in [0.15, 0.2) is 24.3 Å². The minimum absolute atomic E-state index is 0.0213. The van der Waals surface area contributed by atoms with E-state index in [1.807, 2.05) is 6.07 Å². The van der Waals surface area contributed by atoms with Gasteiger partial charge < -0.3 is 9.80 Å². The molecule has 5 heteroatoms. The molecule has 26 heavy (non-hydrogen) atoms. The van der Waals surface area contributed by atoms with Gasteiger partial charge in [-0.25, -0.2) is 0 Å².